The fourth-order valence-electron chi connectivity index (χ4n) is 3.04. The van der Waals surface area contributed by atoms with Crippen molar-refractivity contribution < 1.29 is 22.7 Å². The van der Waals surface area contributed by atoms with Gasteiger partial charge in [-0.1, -0.05) is 19.1 Å². The van der Waals surface area contributed by atoms with E-state index >= 15 is 0 Å². The number of aromatic amines is 1. The van der Waals surface area contributed by atoms with Crippen LogP contribution in [0.1, 0.15) is 43.5 Å². The lowest BCUT2D eigenvalue weighted by molar-refractivity contribution is -0.137. The first kappa shape index (κ1) is 24.9. The van der Waals surface area contributed by atoms with Gasteiger partial charge in [0.05, 0.1) is 11.7 Å². The second kappa shape index (κ2) is 11.0. The van der Waals surface area contributed by atoms with Gasteiger partial charge in [0.2, 0.25) is 5.91 Å². The maximum absolute atomic E-state index is 12.8. The molecule has 0 unspecified atom stereocenters. The van der Waals surface area contributed by atoms with Crippen LogP contribution >= 0.6 is 0 Å². The van der Waals surface area contributed by atoms with Crippen molar-refractivity contribution in [3.05, 3.63) is 75.7 Å². The van der Waals surface area contributed by atoms with Crippen molar-refractivity contribution in [2.45, 2.75) is 51.9 Å². The molecule has 1 amide bonds. The Hall–Kier alpha value is -3.69. The molecule has 0 aliphatic carbocycles. The van der Waals surface area contributed by atoms with Crippen molar-refractivity contribution in [1.29, 1.82) is 0 Å². The minimum Gasteiger partial charge on any atom is -0.491 e. The highest BCUT2D eigenvalue weighted by Gasteiger charge is 2.30. The van der Waals surface area contributed by atoms with Gasteiger partial charge in [-0.15, -0.1) is 10.2 Å². The summed E-state index contributed by atoms with van der Waals surface area (Å²) in [6.07, 6.45) is -3.50. The first-order chi connectivity index (χ1) is 16.2. The Morgan fingerprint density at radius 1 is 1.15 bits per heavy atom. The second-order valence-electron chi connectivity index (χ2n) is 7.79. The van der Waals surface area contributed by atoms with E-state index in [1.54, 1.807) is 24.3 Å². The summed E-state index contributed by atoms with van der Waals surface area (Å²) in [5.74, 6) is 0.582. The maximum atomic E-state index is 12.8. The zero-order valence-corrected chi connectivity index (χ0v) is 18.8. The molecule has 0 radical (unpaired) electrons. The van der Waals surface area contributed by atoms with Crippen molar-refractivity contribution in [3.8, 4) is 17.1 Å². The summed E-state index contributed by atoms with van der Waals surface area (Å²) in [5, 5.41) is 10.5. The topological polar surface area (TPSA) is 97.0 Å². The summed E-state index contributed by atoms with van der Waals surface area (Å²) in [6.45, 7) is 3.95. The number of halogens is 3. The van der Waals surface area contributed by atoms with Gasteiger partial charge in [-0.2, -0.15) is 13.2 Å². The van der Waals surface area contributed by atoms with E-state index in [1.165, 1.54) is 12.1 Å². The summed E-state index contributed by atoms with van der Waals surface area (Å²) in [6, 6.07) is 11.8. The van der Waals surface area contributed by atoms with Crippen LogP contribution in [0.2, 0.25) is 0 Å². The summed E-state index contributed by atoms with van der Waals surface area (Å²) in [5.41, 5.74) is -0.165. The average Bonchev–Trinajstić information content (AvgIpc) is 2.82. The number of nitrogens with one attached hydrogen (secondary N) is 2. The minimum absolute atomic E-state index is 0.0404. The Balaban J connectivity index is 1.55. The highest BCUT2D eigenvalue weighted by Crippen LogP contribution is 2.29. The van der Waals surface area contributed by atoms with Crippen LogP contribution in [-0.4, -0.2) is 27.2 Å². The van der Waals surface area contributed by atoms with Crippen LogP contribution in [0.5, 0.6) is 5.75 Å². The second-order valence-corrected chi connectivity index (χ2v) is 7.79. The van der Waals surface area contributed by atoms with E-state index in [4.69, 9.17) is 4.74 Å². The number of amides is 1. The van der Waals surface area contributed by atoms with E-state index in [2.05, 4.69) is 20.5 Å². The molecule has 0 saturated carbocycles. The molecule has 0 saturated heterocycles. The number of H-pyrrole nitrogens is 1. The number of aryl methyl sites for hydroxylation is 1. The Morgan fingerprint density at radius 2 is 1.88 bits per heavy atom. The molecule has 2 N–H and O–H groups in total. The monoisotopic (exact) mass is 474 g/mol. The number of hydrogen-bond donors (Lipinski definition) is 2. The predicted molar refractivity (Wildman–Crippen MR) is 120 cm³/mol. The van der Waals surface area contributed by atoms with Gasteiger partial charge < -0.3 is 15.0 Å². The van der Waals surface area contributed by atoms with Gasteiger partial charge in [0.15, 0.2) is 5.82 Å². The van der Waals surface area contributed by atoms with Crippen LogP contribution in [-0.2, 0) is 23.9 Å². The number of benzene rings is 2. The zero-order valence-electron chi connectivity index (χ0n) is 18.8. The van der Waals surface area contributed by atoms with E-state index < -0.39 is 23.2 Å². The number of nitrogens with zero attached hydrogens (tertiary/aromatic N) is 2. The molecule has 0 bridgehead atoms. The van der Waals surface area contributed by atoms with Crippen LogP contribution in [0.25, 0.3) is 11.4 Å². The van der Waals surface area contributed by atoms with E-state index in [9.17, 15) is 22.8 Å². The van der Waals surface area contributed by atoms with Crippen molar-refractivity contribution in [1.82, 2.24) is 20.5 Å². The summed E-state index contributed by atoms with van der Waals surface area (Å²) < 4.78 is 44.1. The molecule has 0 fully saturated rings. The molecule has 10 heteroatoms. The van der Waals surface area contributed by atoms with E-state index in [0.29, 0.717) is 16.9 Å². The quantitative estimate of drug-likeness (QED) is 0.483. The molecule has 1 aromatic heterocycles. The molecule has 0 aliphatic rings. The van der Waals surface area contributed by atoms with E-state index in [-0.39, 0.29) is 37.0 Å². The molecule has 1 heterocycles. The molecule has 1 atom stereocenters. The summed E-state index contributed by atoms with van der Waals surface area (Å²) in [4.78, 5) is 27.1. The molecule has 3 aromatic rings. The number of hydrogen-bond acceptors (Lipinski definition) is 5. The predicted octanol–water partition coefficient (Wildman–Crippen LogP) is 4.28. The minimum atomic E-state index is -4.45. The van der Waals surface area contributed by atoms with Crippen LogP contribution in [0.3, 0.4) is 0 Å². The SMILES string of the molecule is CC[C@H](C)Oc1ccc(-c2nnc(CCC(=O)NCc3cccc(C(F)(F)F)c3)c(=O)[nH]2)cc1. The van der Waals surface area contributed by atoms with Crippen LogP contribution in [0.15, 0.2) is 53.3 Å². The molecular formula is C24H25F3N4O3. The first-order valence-corrected chi connectivity index (χ1v) is 10.8. The van der Waals surface area contributed by atoms with Crippen LogP contribution in [0.4, 0.5) is 13.2 Å². The molecule has 180 valence electrons. The number of rotatable bonds is 9. The third-order valence-corrected chi connectivity index (χ3v) is 5.14. The van der Waals surface area contributed by atoms with Gasteiger partial charge in [-0.25, -0.2) is 0 Å². The van der Waals surface area contributed by atoms with Gasteiger partial charge in [0, 0.05) is 24.9 Å². The molecule has 34 heavy (non-hydrogen) atoms. The number of carbonyl (C=O) groups excluding carboxylic acids is 1. The normalized spacial score (nSPS) is 12.3. The lowest BCUT2D eigenvalue weighted by Crippen LogP contribution is -2.25. The zero-order chi connectivity index (χ0) is 24.7. The van der Waals surface area contributed by atoms with Gasteiger partial charge >= 0.3 is 6.18 Å². The van der Waals surface area contributed by atoms with Crippen molar-refractivity contribution in [3.63, 3.8) is 0 Å². The third-order valence-electron chi connectivity index (χ3n) is 5.14. The average molecular weight is 474 g/mol. The number of alkyl halides is 3. The third kappa shape index (κ3) is 6.90. The Kier molecular flexibility index (Phi) is 8.04. The molecule has 7 nitrogen and oxygen atoms in total. The Labute approximate surface area is 194 Å². The fraction of sp³-hybridized carbons (Fsp3) is 0.333. The molecule has 3 rings (SSSR count). The van der Waals surface area contributed by atoms with Gasteiger partial charge in [0.25, 0.3) is 5.56 Å². The van der Waals surface area contributed by atoms with E-state index in [1.807, 2.05) is 13.8 Å². The van der Waals surface area contributed by atoms with Gasteiger partial charge in [0.1, 0.15) is 11.4 Å². The highest BCUT2D eigenvalue weighted by molar-refractivity contribution is 5.76. The first-order valence-electron chi connectivity index (χ1n) is 10.8. The Bertz CT molecular complexity index is 1180. The number of carbonyl (C=O) groups is 1. The molecular weight excluding hydrogens is 449 g/mol. The van der Waals surface area contributed by atoms with E-state index in [0.717, 1.165) is 18.6 Å². The molecule has 2 aromatic carbocycles. The summed E-state index contributed by atoms with van der Waals surface area (Å²) >= 11 is 0. The highest BCUT2D eigenvalue weighted by atomic mass is 19.4. The fourth-order valence-corrected chi connectivity index (χ4v) is 3.04. The van der Waals surface area contributed by atoms with Crippen molar-refractivity contribution >= 4 is 5.91 Å². The van der Waals surface area contributed by atoms with Crippen LogP contribution < -0.4 is 15.6 Å². The standard InChI is InChI=1S/C24H25F3N4O3/c1-3-15(2)34-19-9-7-17(8-10-19)22-29-23(33)20(30-31-22)11-12-21(32)28-14-16-5-4-6-18(13-16)24(25,26)27/h4-10,13,15H,3,11-12,14H2,1-2H3,(H,28,32)(H,29,31,33)/t15-/m0/s1. The number of ether oxygens (including phenoxy) is 1. The smallest absolute Gasteiger partial charge is 0.416 e. The number of aromatic nitrogens is 3. The van der Waals surface area contributed by atoms with Gasteiger partial charge in [-0.3, -0.25) is 9.59 Å². The maximum Gasteiger partial charge on any atom is 0.416 e. The van der Waals surface area contributed by atoms with Gasteiger partial charge in [-0.05, 0) is 55.3 Å². The lowest BCUT2D eigenvalue weighted by Gasteiger charge is -2.12. The Morgan fingerprint density at radius 3 is 2.53 bits per heavy atom. The molecule has 0 spiro atoms. The van der Waals surface area contributed by atoms with Crippen LogP contribution in [0, 0.1) is 0 Å². The molecule has 0 aliphatic heterocycles. The lowest BCUT2D eigenvalue weighted by atomic mass is 10.1. The van der Waals surface area contributed by atoms with Crippen molar-refractivity contribution in [2.75, 3.05) is 0 Å². The largest absolute Gasteiger partial charge is 0.491 e. The van der Waals surface area contributed by atoms with Crippen molar-refractivity contribution in [2.24, 2.45) is 0 Å². The summed E-state index contributed by atoms with van der Waals surface area (Å²) in [7, 11) is 0.